The molecule has 1 amide bonds. The van der Waals surface area contributed by atoms with E-state index in [0.29, 0.717) is 12.8 Å². The highest BCUT2D eigenvalue weighted by atomic mass is 16.5. The van der Waals surface area contributed by atoms with Crippen molar-refractivity contribution in [1.29, 1.82) is 0 Å². The Morgan fingerprint density at radius 2 is 1.67 bits per heavy atom. The topological polar surface area (TPSA) is 49.3 Å². The summed E-state index contributed by atoms with van der Waals surface area (Å²) >= 11 is 0. The molecule has 3 heteroatoms. The van der Waals surface area contributed by atoms with Crippen molar-refractivity contribution in [1.82, 2.24) is 5.48 Å². The standard InChI is InChI=1S/C18H19NO2/c20-18(19-21)14-13-17-11-9-16(10-12-17)8-4-7-15-5-2-1-3-6-15/h1-7,9-12,21H,8,13-14H2,(H,19,20). The molecule has 2 rings (SSSR count). The molecule has 0 aliphatic heterocycles. The van der Waals surface area contributed by atoms with Gasteiger partial charge in [0, 0.05) is 6.42 Å². The number of carbonyl (C=O) groups excluding carboxylic acids is 1. The van der Waals surface area contributed by atoms with E-state index >= 15 is 0 Å². The molecule has 2 aromatic carbocycles. The van der Waals surface area contributed by atoms with Crippen molar-refractivity contribution in [2.45, 2.75) is 19.3 Å². The van der Waals surface area contributed by atoms with Gasteiger partial charge in [-0.1, -0.05) is 66.7 Å². The molecule has 0 saturated carbocycles. The second-order valence-electron chi connectivity index (χ2n) is 4.87. The van der Waals surface area contributed by atoms with Gasteiger partial charge in [0.1, 0.15) is 0 Å². The third-order valence-corrected chi connectivity index (χ3v) is 3.25. The molecule has 2 aromatic rings. The molecule has 108 valence electrons. The number of carbonyl (C=O) groups is 1. The van der Waals surface area contributed by atoms with Crippen LogP contribution in [0.15, 0.2) is 60.7 Å². The molecule has 0 atom stereocenters. The number of allylic oxidation sites excluding steroid dienone is 1. The van der Waals surface area contributed by atoms with E-state index in [-0.39, 0.29) is 5.91 Å². The Hall–Kier alpha value is -2.39. The zero-order valence-electron chi connectivity index (χ0n) is 11.8. The Morgan fingerprint density at radius 1 is 1.00 bits per heavy atom. The Morgan fingerprint density at radius 3 is 2.33 bits per heavy atom. The van der Waals surface area contributed by atoms with Crippen LogP contribution in [-0.2, 0) is 17.6 Å². The lowest BCUT2D eigenvalue weighted by Gasteiger charge is -2.02. The van der Waals surface area contributed by atoms with Crippen molar-refractivity contribution in [3.8, 4) is 0 Å². The average molecular weight is 281 g/mol. The third-order valence-electron chi connectivity index (χ3n) is 3.25. The summed E-state index contributed by atoms with van der Waals surface area (Å²) in [6, 6.07) is 18.4. The molecule has 0 bridgehead atoms. The van der Waals surface area contributed by atoms with Gasteiger partial charge in [-0.15, -0.1) is 0 Å². The van der Waals surface area contributed by atoms with Crippen LogP contribution in [0, 0.1) is 0 Å². The highest BCUT2D eigenvalue weighted by Gasteiger charge is 2.00. The van der Waals surface area contributed by atoms with E-state index in [1.54, 1.807) is 5.48 Å². The normalized spacial score (nSPS) is 10.7. The zero-order valence-corrected chi connectivity index (χ0v) is 11.8. The summed E-state index contributed by atoms with van der Waals surface area (Å²) in [6.45, 7) is 0. The van der Waals surface area contributed by atoms with Gasteiger partial charge in [-0.05, 0) is 29.5 Å². The minimum atomic E-state index is -0.357. The number of aryl methyl sites for hydroxylation is 1. The molecular weight excluding hydrogens is 262 g/mol. The first-order valence-electron chi connectivity index (χ1n) is 7.00. The van der Waals surface area contributed by atoms with Crippen LogP contribution >= 0.6 is 0 Å². The number of nitrogens with one attached hydrogen (secondary N) is 1. The fourth-order valence-corrected chi connectivity index (χ4v) is 2.05. The number of hydroxylamine groups is 1. The Bertz CT molecular complexity index is 588. The van der Waals surface area contributed by atoms with Gasteiger partial charge >= 0.3 is 0 Å². The summed E-state index contributed by atoms with van der Waals surface area (Å²) in [5, 5.41) is 8.44. The lowest BCUT2D eigenvalue weighted by atomic mass is 10.0. The van der Waals surface area contributed by atoms with Gasteiger partial charge in [0.15, 0.2) is 0 Å². The largest absolute Gasteiger partial charge is 0.289 e. The molecule has 0 fully saturated rings. The first kappa shape index (κ1) is 15.0. The van der Waals surface area contributed by atoms with Gasteiger partial charge in [0.05, 0.1) is 0 Å². The maximum atomic E-state index is 11.0. The summed E-state index contributed by atoms with van der Waals surface area (Å²) in [7, 11) is 0. The molecule has 0 aliphatic carbocycles. The highest BCUT2D eigenvalue weighted by molar-refractivity contribution is 5.74. The van der Waals surface area contributed by atoms with Crippen LogP contribution < -0.4 is 5.48 Å². The van der Waals surface area contributed by atoms with Crippen LogP contribution in [0.3, 0.4) is 0 Å². The Balaban J connectivity index is 1.85. The predicted octanol–water partition coefficient (Wildman–Crippen LogP) is 3.38. The van der Waals surface area contributed by atoms with Crippen LogP contribution in [-0.4, -0.2) is 11.1 Å². The first-order chi connectivity index (χ1) is 10.3. The van der Waals surface area contributed by atoms with Crippen LogP contribution in [0.1, 0.15) is 23.1 Å². The first-order valence-corrected chi connectivity index (χ1v) is 7.00. The molecule has 2 N–H and O–H groups in total. The molecular formula is C18H19NO2. The summed E-state index contributed by atoms with van der Waals surface area (Å²) in [5.41, 5.74) is 5.17. The van der Waals surface area contributed by atoms with Gasteiger partial charge in [0.25, 0.3) is 0 Å². The fourth-order valence-electron chi connectivity index (χ4n) is 2.05. The van der Waals surface area contributed by atoms with Crippen molar-refractivity contribution in [2.24, 2.45) is 0 Å². The van der Waals surface area contributed by atoms with E-state index in [9.17, 15) is 4.79 Å². The zero-order chi connectivity index (χ0) is 14.9. The van der Waals surface area contributed by atoms with E-state index in [2.05, 4.69) is 36.4 Å². The number of hydrogen-bond donors (Lipinski definition) is 2. The van der Waals surface area contributed by atoms with E-state index in [4.69, 9.17) is 5.21 Å². The number of benzene rings is 2. The average Bonchev–Trinajstić information content (AvgIpc) is 2.55. The Kier molecular flexibility index (Phi) is 5.73. The van der Waals surface area contributed by atoms with Crippen molar-refractivity contribution >= 4 is 12.0 Å². The summed E-state index contributed by atoms with van der Waals surface area (Å²) in [4.78, 5) is 11.0. The maximum absolute atomic E-state index is 11.0. The van der Waals surface area contributed by atoms with E-state index in [1.807, 2.05) is 30.3 Å². The number of amides is 1. The van der Waals surface area contributed by atoms with Crippen LogP contribution in [0.5, 0.6) is 0 Å². The smallest absolute Gasteiger partial charge is 0.243 e. The minimum absolute atomic E-state index is 0.295. The lowest BCUT2D eigenvalue weighted by Crippen LogP contribution is -2.18. The lowest BCUT2D eigenvalue weighted by molar-refractivity contribution is -0.129. The van der Waals surface area contributed by atoms with E-state index in [1.165, 1.54) is 11.1 Å². The van der Waals surface area contributed by atoms with Gasteiger partial charge in [-0.2, -0.15) is 0 Å². The highest BCUT2D eigenvalue weighted by Crippen LogP contribution is 2.09. The fraction of sp³-hybridized carbons (Fsp3) is 0.167. The molecule has 0 saturated heterocycles. The van der Waals surface area contributed by atoms with Gasteiger partial charge in [0.2, 0.25) is 5.91 Å². The summed E-state index contributed by atoms with van der Waals surface area (Å²) in [5.74, 6) is -0.357. The molecule has 0 spiro atoms. The monoisotopic (exact) mass is 281 g/mol. The molecule has 3 nitrogen and oxygen atoms in total. The quantitative estimate of drug-likeness (QED) is 0.630. The van der Waals surface area contributed by atoms with Crippen LogP contribution in [0.4, 0.5) is 0 Å². The third kappa shape index (κ3) is 5.24. The predicted molar refractivity (Wildman–Crippen MR) is 83.9 cm³/mol. The van der Waals surface area contributed by atoms with Crippen molar-refractivity contribution in [3.63, 3.8) is 0 Å². The maximum Gasteiger partial charge on any atom is 0.243 e. The van der Waals surface area contributed by atoms with Crippen LogP contribution in [0.2, 0.25) is 0 Å². The summed E-state index contributed by atoms with van der Waals surface area (Å²) in [6.07, 6.45) is 6.06. The minimum Gasteiger partial charge on any atom is -0.289 e. The van der Waals surface area contributed by atoms with Gasteiger partial charge in [-0.25, -0.2) is 5.48 Å². The van der Waals surface area contributed by atoms with Crippen LogP contribution in [0.25, 0.3) is 6.08 Å². The summed E-state index contributed by atoms with van der Waals surface area (Å²) < 4.78 is 0. The van der Waals surface area contributed by atoms with Crippen molar-refractivity contribution in [2.75, 3.05) is 0 Å². The second kappa shape index (κ2) is 8.02. The van der Waals surface area contributed by atoms with Crippen molar-refractivity contribution < 1.29 is 10.0 Å². The molecule has 0 aliphatic rings. The van der Waals surface area contributed by atoms with E-state index < -0.39 is 0 Å². The Labute approximate surface area is 124 Å². The molecule has 21 heavy (non-hydrogen) atoms. The van der Waals surface area contributed by atoms with Gasteiger partial charge in [-0.3, -0.25) is 10.0 Å². The van der Waals surface area contributed by atoms with Gasteiger partial charge < -0.3 is 0 Å². The molecule has 0 heterocycles. The number of hydrogen-bond acceptors (Lipinski definition) is 2. The van der Waals surface area contributed by atoms with E-state index in [0.717, 1.165) is 12.0 Å². The number of rotatable bonds is 6. The van der Waals surface area contributed by atoms with Crippen molar-refractivity contribution in [3.05, 3.63) is 77.4 Å². The molecule has 0 aromatic heterocycles. The molecule has 0 unspecified atom stereocenters. The second-order valence-corrected chi connectivity index (χ2v) is 4.87. The SMILES string of the molecule is O=C(CCc1ccc(CC=Cc2ccccc2)cc1)NO. The molecule has 0 radical (unpaired) electrons.